The second-order valence-electron chi connectivity index (χ2n) is 6.49. The van der Waals surface area contributed by atoms with Gasteiger partial charge < -0.3 is 15.5 Å². The molecule has 28 heavy (non-hydrogen) atoms. The van der Waals surface area contributed by atoms with E-state index >= 15 is 0 Å². The molecule has 10 nitrogen and oxygen atoms in total. The van der Waals surface area contributed by atoms with Crippen LogP contribution < -0.4 is 21.9 Å². The second kappa shape index (κ2) is 7.08. The number of hydrogen-bond acceptors (Lipinski definition) is 8. The van der Waals surface area contributed by atoms with E-state index in [9.17, 15) is 14.4 Å². The first-order chi connectivity index (χ1) is 13.5. The van der Waals surface area contributed by atoms with Crippen LogP contribution in [0.3, 0.4) is 0 Å². The van der Waals surface area contributed by atoms with Gasteiger partial charge in [-0.2, -0.15) is 0 Å². The largest absolute Gasteiger partial charge is 0.375 e. The fourth-order valence-corrected chi connectivity index (χ4v) is 4.09. The quantitative estimate of drug-likeness (QED) is 0.627. The number of aryl methyl sites for hydroxylation is 1. The molecule has 4 rings (SSSR count). The SMILES string of the molecule is Cn1c(=O)n(CC(=O)N2CCN(c3ccccn3)CC2)c(=O)c2sc(N)nc21. The average Bonchev–Trinajstić information content (AvgIpc) is 3.12. The molecule has 0 aromatic carbocycles. The van der Waals surface area contributed by atoms with Crippen molar-refractivity contribution in [1.82, 2.24) is 24.0 Å². The number of thiazole rings is 1. The van der Waals surface area contributed by atoms with Gasteiger partial charge in [0.2, 0.25) is 5.91 Å². The number of amides is 1. The molecule has 4 heterocycles. The van der Waals surface area contributed by atoms with Crippen molar-refractivity contribution in [3.63, 3.8) is 0 Å². The van der Waals surface area contributed by atoms with Gasteiger partial charge in [0.1, 0.15) is 17.1 Å². The summed E-state index contributed by atoms with van der Waals surface area (Å²) < 4.78 is 2.47. The molecule has 0 saturated carbocycles. The highest BCUT2D eigenvalue weighted by molar-refractivity contribution is 7.21. The Hall–Kier alpha value is -3.21. The predicted molar refractivity (Wildman–Crippen MR) is 107 cm³/mol. The minimum atomic E-state index is -0.580. The minimum absolute atomic E-state index is 0.205. The summed E-state index contributed by atoms with van der Waals surface area (Å²) in [6.45, 7) is 1.98. The summed E-state index contributed by atoms with van der Waals surface area (Å²) in [4.78, 5) is 50.0. The summed E-state index contributed by atoms with van der Waals surface area (Å²) in [5.74, 6) is 0.602. The van der Waals surface area contributed by atoms with Crippen molar-refractivity contribution in [3.05, 3.63) is 45.2 Å². The molecule has 146 valence electrons. The number of pyridine rings is 1. The number of anilines is 2. The smallest absolute Gasteiger partial charge is 0.332 e. The highest BCUT2D eigenvalue weighted by Gasteiger charge is 2.24. The molecule has 0 atom stereocenters. The Labute approximate surface area is 163 Å². The molecular formula is C17H19N7O3S. The second-order valence-corrected chi connectivity index (χ2v) is 7.52. The summed E-state index contributed by atoms with van der Waals surface area (Å²) in [5.41, 5.74) is 4.79. The zero-order valence-corrected chi connectivity index (χ0v) is 16.1. The Balaban J connectivity index is 1.52. The zero-order chi connectivity index (χ0) is 19.8. The van der Waals surface area contributed by atoms with Crippen LogP contribution in [0.4, 0.5) is 10.9 Å². The van der Waals surface area contributed by atoms with Crippen LogP contribution in [-0.4, -0.2) is 56.1 Å². The van der Waals surface area contributed by atoms with E-state index in [2.05, 4.69) is 14.9 Å². The molecule has 0 bridgehead atoms. The van der Waals surface area contributed by atoms with Gasteiger partial charge in [-0.05, 0) is 12.1 Å². The normalized spacial score (nSPS) is 14.6. The van der Waals surface area contributed by atoms with Crippen molar-refractivity contribution in [1.29, 1.82) is 0 Å². The molecule has 1 saturated heterocycles. The molecule has 0 aliphatic carbocycles. The van der Waals surface area contributed by atoms with Gasteiger partial charge in [-0.25, -0.2) is 19.3 Å². The van der Waals surface area contributed by atoms with E-state index in [4.69, 9.17) is 5.73 Å². The van der Waals surface area contributed by atoms with Gasteiger partial charge in [0.25, 0.3) is 5.56 Å². The minimum Gasteiger partial charge on any atom is -0.375 e. The van der Waals surface area contributed by atoms with Gasteiger partial charge >= 0.3 is 5.69 Å². The lowest BCUT2D eigenvalue weighted by Crippen LogP contribution is -2.51. The lowest BCUT2D eigenvalue weighted by molar-refractivity contribution is -0.132. The third-order valence-corrected chi connectivity index (χ3v) is 5.66. The van der Waals surface area contributed by atoms with Gasteiger partial charge in [-0.1, -0.05) is 17.4 Å². The highest BCUT2D eigenvalue weighted by Crippen LogP contribution is 2.18. The molecule has 1 amide bonds. The molecule has 1 fully saturated rings. The van der Waals surface area contributed by atoms with Crippen LogP contribution in [0.5, 0.6) is 0 Å². The van der Waals surface area contributed by atoms with E-state index in [-0.39, 0.29) is 27.9 Å². The summed E-state index contributed by atoms with van der Waals surface area (Å²) in [7, 11) is 1.51. The van der Waals surface area contributed by atoms with Crippen LogP contribution in [-0.2, 0) is 18.4 Å². The summed E-state index contributed by atoms with van der Waals surface area (Å²) in [6.07, 6.45) is 1.73. The van der Waals surface area contributed by atoms with Gasteiger partial charge in [-0.3, -0.25) is 14.2 Å². The zero-order valence-electron chi connectivity index (χ0n) is 15.2. The van der Waals surface area contributed by atoms with Crippen molar-refractivity contribution >= 4 is 38.5 Å². The Morgan fingerprint density at radius 3 is 2.64 bits per heavy atom. The van der Waals surface area contributed by atoms with Crippen LogP contribution in [0.2, 0.25) is 0 Å². The van der Waals surface area contributed by atoms with Crippen LogP contribution in [0.1, 0.15) is 0 Å². The van der Waals surface area contributed by atoms with Gasteiger partial charge in [0, 0.05) is 39.4 Å². The number of fused-ring (bicyclic) bond motifs is 1. The third kappa shape index (κ3) is 3.13. The number of rotatable bonds is 3. The van der Waals surface area contributed by atoms with E-state index in [0.29, 0.717) is 26.2 Å². The van der Waals surface area contributed by atoms with E-state index < -0.39 is 11.2 Å². The number of hydrogen-bond donors (Lipinski definition) is 1. The molecular weight excluding hydrogens is 382 g/mol. The number of carbonyl (C=O) groups excluding carboxylic acids is 1. The summed E-state index contributed by atoms with van der Waals surface area (Å²) in [5, 5.41) is 0.205. The molecule has 0 unspecified atom stereocenters. The molecule has 1 aliphatic heterocycles. The Kier molecular flexibility index (Phi) is 4.59. The van der Waals surface area contributed by atoms with Gasteiger partial charge in [0.15, 0.2) is 10.8 Å². The van der Waals surface area contributed by atoms with Gasteiger partial charge in [0.05, 0.1) is 0 Å². The molecule has 1 aliphatic rings. The van der Waals surface area contributed by atoms with Crippen LogP contribution in [0.25, 0.3) is 10.3 Å². The number of nitrogen functional groups attached to an aromatic ring is 1. The Morgan fingerprint density at radius 1 is 1.21 bits per heavy atom. The van der Waals surface area contributed by atoms with Crippen molar-refractivity contribution in [2.75, 3.05) is 36.8 Å². The molecule has 0 spiro atoms. The number of piperazine rings is 1. The van der Waals surface area contributed by atoms with Crippen molar-refractivity contribution in [2.24, 2.45) is 7.05 Å². The molecule has 11 heteroatoms. The van der Waals surface area contributed by atoms with E-state index in [0.717, 1.165) is 21.7 Å². The maximum Gasteiger partial charge on any atom is 0.332 e. The topological polar surface area (TPSA) is 119 Å². The maximum absolute atomic E-state index is 12.7. The van der Waals surface area contributed by atoms with E-state index in [1.165, 1.54) is 11.6 Å². The fourth-order valence-electron chi connectivity index (χ4n) is 3.28. The third-order valence-electron chi connectivity index (χ3n) is 4.80. The highest BCUT2D eigenvalue weighted by atomic mass is 32.1. The standard InChI is InChI=1S/C17H19N7O3S/c1-21-14-13(28-16(18)20-14)15(26)24(17(21)27)10-12(25)23-8-6-22(7-9-23)11-4-2-3-5-19-11/h2-5H,6-10H2,1H3,(H2,18,20). The number of aromatic nitrogens is 4. The van der Waals surface area contributed by atoms with Crippen molar-refractivity contribution < 1.29 is 4.79 Å². The molecule has 0 radical (unpaired) electrons. The first-order valence-electron chi connectivity index (χ1n) is 8.75. The van der Waals surface area contributed by atoms with Crippen molar-refractivity contribution in [2.45, 2.75) is 6.54 Å². The summed E-state index contributed by atoms with van der Waals surface area (Å²) >= 11 is 1.01. The lowest BCUT2D eigenvalue weighted by Gasteiger charge is -2.35. The fraction of sp³-hybridized carbons (Fsp3) is 0.353. The lowest BCUT2D eigenvalue weighted by atomic mass is 10.3. The first-order valence-corrected chi connectivity index (χ1v) is 9.57. The predicted octanol–water partition coefficient (Wildman–Crippen LogP) is -0.517. The van der Waals surface area contributed by atoms with Crippen LogP contribution >= 0.6 is 11.3 Å². The van der Waals surface area contributed by atoms with Crippen LogP contribution in [0, 0.1) is 0 Å². The van der Waals surface area contributed by atoms with Crippen molar-refractivity contribution in [3.8, 4) is 0 Å². The van der Waals surface area contributed by atoms with Gasteiger partial charge in [-0.15, -0.1) is 0 Å². The summed E-state index contributed by atoms with van der Waals surface area (Å²) in [6, 6.07) is 5.70. The number of nitrogens with two attached hydrogens (primary N) is 1. The first kappa shape index (κ1) is 18.2. The Bertz CT molecular complexity index is 1140. The monoisotopic (exact) mass is 401 g/mol. The molecule has 2 N–H and O–H groups in total. The average molecular weight is 401 g/mol. The molecule has 3 aromatic rings. The van der Waals surface area contributed by atoms with E-state index in [1.54, 1.807) is 11.1 Å². The van der Waals surface area contributed by atoms with Crippen LogP contribution in [0.15, 0.2) is 34.0 Å². The maximum atomic E-state index is 12.7. The van der Waals surface area contributed by atoms with E-state index in [1.807, 2.05) is 18.2 Å². The molecule has 3 aromatic heterocycles. The number of carbonyl (C=O) groups is 1. The Morgan fingerprint density at radius 2 is 1.96 bits per heavy atom. The number of nitrogens with zero attached hydrogens (tertiary/aromatic N) is 6.